The standard InChI is InChI=1S/C61H77F2N9O8S/c1-34-49(45-10-8-9-16-64-45)50(34)56(73)67-53-55(78-31-48(62)63)57-66-46(32-81-57)36-11-14-47-42(26-36)44(29-60(3,4)33-79-59(75)52-37-24-39(25-37)72(68-52)58(53)74)54(71(47)21-23-77-41-15-22-80-61(5,6)28-41)43-27-40(30-65-51(43)35(2)76-7)70-19-17-69(18-20-70)38-12-13-38/h8-11,14,16,26-27,30,32,34-35,37-39,41,48-50,52-53,55,68H,12-13,15,17-25,28-29,31,33H2,1-7H3,(H,67,73)/t34-,35-,37?,39?,41-,49-,50+,52-,53-,55-/m0/s1. The van der Waals surface area contributed by atoms with Crippen molar-refractivity contribution in [3.8, 4) is 22.5 Å². The average molecular weight is 1130 g/mol. The van der Waals surface area contributed by atoms with Crippen LogP contribution in [0.15, 0.2) is 60.2 Å². The number of aromatic nitrogens is 4. The van der Waals surface area contributed by atoms with Gasteiger partial charge >= 0.3 is 5.97 Å². The third-order valence-electron chi connectivity index (χ3n) is 18.2. The first kappa shape index (κ1) is 56.0. The topological polar surface area (TPSA) is 175 Å². The van der Waals surface area contributed by atoms with Crippen molar-refractivity contribution in [3.05, 3.63) is 82.2 Å². The summed E-state index contributed by atoms with van der Waals surface area (Å²) in [6, 6.07) is 12.1. The van der Waals surface area contributed by atoms with Gasteiger partial charge in [-0.1, -0.05) is 32.9 Å². The maximum Gasteiger partial charge on any atom is 0.325 e. The lowest BCUT2D eigenvalue weighted by Crippen LogP contribution is -2.72. The number of hydrogen-bond donors (Lipinski definition) is 2. The highest BCUT2D eigenvalue weighted by atomic mass is 32.1. The molecule has 20 heteroatoms. The van der Waals surface area contributed by atoms with Crippen LogP contribution in [-0.2, 0) is 51.0 Å². The number of esters is 1. The van der Waals surface area contributed by atoms with Crippen LogP contribution in [0.2, 0.25) is 0 Å². The molecule has 0 radical (unpaired) electrons. The van der Waals surface area contributed by atoms with Gasteiger partial charge in [-0.15, -0.1) is 11.3 Å². The molecule has 9 heterocycles. The highest BCUT2D eigenvalue weighted by molar-refractivity contribution is 7.10. The van der Waals surface area contributed by atoms with Crippen LogP contribution in [0.1, 0.15) is 120 Å². The van der Waals surface area contributed by atoms with E-state index in [9.17, 15) is 18.4 Å². The van der Waals surface area contributed by atoms with Crippen molar-refractivity contribution in [1.82, 2.24) is 40.2 Å². The number of amides is 2. The van der Waals surface area contributed by atoms with E-state index in [1.165, 1.54) is 29.2 Å². The summed E-state index contributed by atoms with van der Waals surface area (Å²) in [5, 5.41) is 7.44. The number of hydrazine groups is 1. The van der Waals surface area contributed by atoms with Crippen molar-refractivity contribution in [2.24, 2.45) is 23.2 Å². The molecule has 5 aromatic rings. The van der Waals surface area contributed by atoms with Crippen LogP contribution in [0.4, 0.5) is 14.5 Å². The zero-order valence-corrected chi connectivity index (χ0v) is 48.4. The number of piperazine rings is 1. The predicted molar refractivity (Wildman–Crippen MR) is 302 cm³/mol. The van der Waals surface area contributed by atoms with Gasteiger partial charge in [0, 0.05) is 121 Å². The van der Waals surface area contributed by atoms with Gasteiger partial charge in [-0.25, -0.2) is 19.2 Å². The molecule has 2 N–H and O–H groups in total. The lowest BCUT2D eigenvalue weighted by molar-refractivity contribution is -0.173. The maximum absolute atomic E-state index is 15.3. The minimum atomic E-state index is -2.89. The number of fused-ring (bicyclic) bond motifs is 4. The summed E-state index contributed by atoms with van der Waals surface area (Å²) in [7, 11) is 1.71. The lowest BCUT2D eigenvalue weighted by Gasteiger charge is -2.53. The molecule has 3 saturated carbocycles. The molecule has 81 heavy (non-hydrogen) atoms. The number of anilines is 1. The summed E-state index contributed by atoms with van der Waals surface area (Å²) < 4.78 is 62.6. The number of benzene rings is 1. The Labute approximate surface area is 476 Å². The summed E-state index contributed by atoms with van der Waals surface area (Å²) in [6.07, 6.45) is 4.60. The molecule has 8 bridgehead atoms. The normalized spacial score (nSPS) is 28.8. The van der Waals surface area contributed by atoms with E-state index in [-0.39, 0.29) is 53.2 Å². The van der Waals surface area contributed by atoms with E-state index in [1.807, 2.05) is 49.7 Å². The van der Waals surface area contributed by atoms with Crippen molar-refractivity contribution in [1.29, 1.82) is 0 Å². The van der Waals surface area contributed by atoms with E-state index < -0.39 is 60.3 Å². The van der Waals surface area contributed by atoms with Crippen molar-refractivity contribution in [3.63, 3.8) is 0 Å². The number of cyclic esters (lactones) is 1. The number of carbonyl (C=O) groups excluding carboxylic acids is 3. The Balaban J connectivity index is 0.988. The smallest absolute Gasteiger partial charge is 0.325 e. The number of nitrogens with zero attached hydrogens (tertiary/aromatic N) is 7. The minimum Gasteiger partial charge on any atom is -0.464 e. The van der Waals surface area contributed by atoms with Crippen molar-refractivity contribution in [2.45, 2.75) is 153 Å². The van der Waals surface area contributed by atoms with Gasteiger partial charge in [0.25, 0.3) is 12.3 Å². The molecular formula is C61H77F2N9O8S. The molecule has 0 spiro atoms. The fourth-order valence-corrected chi connectivity index (χ4v) is 14.3. The summed E-state index contributed by atoms with van der Waals surface area (Å²) in [5.74, 6) is -2.50. The molecular weight excluding hydrogens is 1060 g/mol. The van der Waals surface area contributed by atoms with Crippen LogP contribution in [-0.4, -0.2) is 149 Å². The van der Waals surface area contributed by atoms with Gasteiger partial charge in [-0.05, 0) is 107 Å². The molecule has 13 rings (SSSR count). The Morgan fingerprint density at radius 1 is 1.00 bits per heavy atom. The highest BCUT2D eigenvalue weighted by Crippen LogP contribution is 2.53. The van der Waals surface area contributed by atoms with Crippen molar-refractivity contribution >= 4 is 45.7 Å². The van der Waals surface area contributed by atoms with E-state index >= 15 is 4.79 Å². The van der Waals surface area contributed by atoms with Crippen LogP contribution in [0.3, 0.4) is 0 Å². The first-order chi connectivity index (χ1) is 38.9. The Morgan fingerprint density at radius 3 is 2.53 bits per heavy atom. The summed E-state index contributed by atoms with van der Waals surface area (Å²) in [6.45, 7) is 16.8. The fraction of sp³-hybridized carbons (Fsp3) is 0.607. The second-order valence-electron chi connectivity index (χ2n) is 25.1. The van der Waals surface area contributed by atoms with Gasteiger partial charge in [0.05, 0.1) is 60.0 Å². The van der Waals surface area contributed by atoms with Crippen molar-refractivity contribution < 1.29 is 46.8 Å². The minimum absolute atomic E-state index is 0.0195. The Kier molecular flexibility index (Phi) is 15.6. The molecule has 0 unspecified atom stereocenters. The highest BCUT2D eigenvalue weighted by Gasteiger charge is 2.56. The number of nitrogens with one attached hydrogen (secondary N) is 2. The largest absolute Gasteiger partial charge is 0.464 e. The van der Waals surface area contributed by atoms with Gasteiger partial charge in [-0.3, -0.25) is 34.3 Å². The fourth-order valence-electron chi connectivity index (χ4n) is 13.4. The number of hydrogen-bond acceptors (Lipinski definition) is 15. The van der Waals surface area contributed by atoms with Crippen LogP contribution in [0.25, 0.3) is 33.4 Å². The van der Waals surface area contributed by atoms with E-state index in [2.05, 4.69) is 76.0 Å². The number of ether oxygens (including phenoxy) is 5. The average Bonchev–Trinajstić information content (AvgIpc) is 4.50. The third kappa shape index (κ3) is 11.5. The number of carbonyl (C=O) groups is 3. The monoisotopic (exact) mass is 1130 g/mol. The number of halogens is 2. The summed E-state index contributed by atoms with van der Waals surface area (Å²) in [5.41, 5.74) is 10.0. The Bertz CT molecular complexity index is 3120. The van der Waals surface area contributed by atoms with E-state index in [0.717, 1.165) is 89.4 Å². The molecule has 3 aliphatic carbocycles. The van der Waals surface area contributed by atoms with Crippen LogP contribution < -0.4 is 15.6 Å². The molecule has 17 nitrogen and oxygen atoms in total. The van der Waals surface area contributed by atoms with Crippen molar-refractivity contribution in [2.75, 3.05) is 64.6 Å². The van der Waals surface area contributed by atoms with E-state index in [4.69, 9.17) is 33.7 Å². The van der Waals surface area contributed by atoms with E-state index in [1.54, 1.807) is 13.3 Å². The third-order valence-corrected chi connectivity index (χ3v) is 19.1. The molecule has 4 aromatic heterocycles. The first-order valence-corrected chi connectivity index (χ1v) is 30.1. The molecule has 434 valence electrons. The molecule has 8 aliphatic rings. The number of thiazole rings is 1. The Morgan fingerprint density at radius 2 is 1.80 bits per heavy atom. The van der Waals surface area contributed by atoms with Gasteiger partial charge in [-0.2, -0.15) is 0 Å². The Hall–Kier alpha value is -5.48. The van der Waals surface area contributed by atoms with Gasteiger partial charge in [0.2, 0.25) is 5.91 Å². The van der Waals surface area contributed by atoms with E-state index in [0.29, 0.717) is 50.8 Å². The summed E-state index contributed by atoms with van der Waals surface area (Å²) >= 11 is 1.18. The second-order valence-corrected chi connectivity index (χ2v) is 26.0. The van der Waals surface area contributed by atoms with Crippen LogP contribution >= 0.6 is 11.3 Å². The zero-order valence-electron chi connectivity index (χ0n) is 47.6. The molecule has 2 amide bonds. The summed E-state index contributed by atoms with van der Waals surface area (Å²) in [4.78, 5) is 64.3. The lowest BCUT2D eigenvalue weighted by atomic mass is 9.73. The van der Waals surface area contributed by atoms with Crippen LogP contribution in [0.5, 0.6) is 0 Å². The number of pyridine rings is 2. The zero-order chi connectivity index (χ0) is 56.5. The second kappa shape index (κ2) is 22.6. The molecule has 7 fully saturated rings. The SMILES string of the molecule is CO[C@@H](C)c1ncc(N2CCN(C3CC3)CC2)cc1-c1c2c3cc(ccc3n1CCO[C@H]1CCOC(C)(C)C1)-c1csc(n1)[C@@H](OCC(F)F)[C@H](NC(=O)[C@@H]1[C@@H](C)[C@H]1c1ccccn1)C(=O)N1N[C@H](C(=O)OCC(C)(C)C2)C2CC1C2. The quantitative estimate of drug-likeness (QED) is 0.0953. The number of methoxy groups -OCH3 is 1. The predicted octanol–water partition coefficient (Wildman–Crippen LogP) is 8.66. The number of rotatable bonds is 15. The molecule has 1 aromatic carbocycles. The van der Waals surface area contributed by atoms with Gasteiger partial charge in [0.15, 0.2) is 0 Å². The maximum atomic E-state index is 15.3. The first-order valence-electron chi connectivity index (χ1n) is 29.2. The number of alkyl halides is 2. The van der Waals surface area contributed by atoms with Gasteiger partial charge in [0.1, 0.15) is 29.8 Å². The molecule has 8 atom stereocenters. The van der Waals surface area contributed by atoms with Gasteiger partial charge < -0.3 is 38.5 Å². The van der Waals surface area contributed by atoms with Crippen LogP contribution in [0, 0.1) is 23.2 Å². The molecule has 4 saturated heterocycles. The molecule has 5 aliphatic heterocycles.